The van der Waals surface area contributed by atoms with Crippen molar-refractivity contribution in [3.8, 4) is 0 Å². The van der Waals surface area contributed by atoms with E-state index in [1.54, 1.807) is 14.2 Å². The molecule has 1 rings (SSSR count). The zero-order valence-corrected chi connectivity index (χ0v) is 11.5. The second-order valence-electron chi connectivity index (χ2n) is 4.60. The van der Waals surface area contributed by atoms with Crippen LogP contribution in [0.4, 0.5) is 0 Å². The minimum atomic E-state index is -0.0290. The van der Waals surface area contributed by atoms with Gasteiger partial charge in [0.1, 0.15) is 0 Å². The molecule has 5 heteroatoms. The fourth-order valence-electron chi connectivity index (χ4n) is 2.46. The van der Waals surface area contributed by atoms with Gasteiger partial charge in [0.05, 0.1) is 17.6 Å². The number of hydrogen-bond acceptors (Lipinski definition) is 3. The average Bonchev–Trinajstić information content (AvgIpc) is 2.27. The lowest BCUT2D eigenvalue weighted by molar-refractivity contribution is -0.119. The topological polar surface area (TPSA) is 47.6 Å². The smallest absolute Gasteiger partial charge is 0.216 e. The van der Waals surface area contributed by atoms with Gasteiger partial charge in [-0.25, -0.2) is 0 Å². The maximum absolute atomic E-state index is 10.8. The summed E-state index contributed by atoms with van der Waals surface area (Å²) in [6, 6.07) is 0. The van der Waals surface area contributed by atoms with Crippen molar-refractivity contribution in [2.45, 2.75) is 43.8 Å². The normalized spacial score (nSPS) is 33.4. The number of ether oxygens (including phenoxy) is 2. The lowest BCUT2D eigenvalue weighted by Crippen LogP contribution is -2.44. The van der Waals surface area contributed by atoms with Crippen molar-refractivity contribution in [1.29, 1.82) is 0 Å². The predicted molar refractivity (Wildman–Crippen MR) is 67.3 cm³/mol. The van der Waals surface area contributed by atoms with Gasteiger partial charge in [-0.3, -0.25) is 4.79 Å². The van der Waals surface area contributed by atoms with Gasteiger partial charge in [0.15, 0.2) is 0 Å². The number of halogens is 1. The minimum Gasteiger partial charge on any atom is -0.379 e. The third-order valence-electron chi connectivity index (χ3n) is 3.35. The number of methoxy groups -OCH3 is 2. The van der Waals surface area contributed by atoms with E-state index < -0.39 is 0 Å². The van der Waals surface area contributed by atoms with Gasteiger partial charge in [-0.1, -0.05) is 0 Å². The summed E-state index contributed by atoms with van der Waals surface area (Å²) in [5, 5.41) is 2.80. The third-order valence-corrected chi connectivity index (χ3v) is 3.78. The molecule has 0 saturated heterocycles. The van der Waals surface area contributed by atoms with Crippen LogP contribution in [0.25, 0.3) is 0 Å². The Hall–Kier alpha value is -0.320. The first-order valence-electron chi connectivity index (χ1n) is 6.02. The largest absolute Gasteiger partial charge is 0.379 e. The van der Waals surface area contributed by atoms with Crippen LogP contribution in [0.2, 0.25) is 0 Å². The number of nitrogens with one attached hydrogen (secondary N) is 1. The first kappa shape index (κ1) is 14.7. The van der Waals surface area contributed by atoms with Crippen LogP contribution in [0.5, 0.6) is 0 Å². The van der Waals surface area contributed by atoms with Crippen LogP contribution in [0.3, 0.4) is 0 Å². The number of carbonyl (C=O) groups is 1. The highest BCUT2D eigenvalue weighted by Gasteiger charge is 2.36. The molecule has 0 aromatic heterocycles. The predicted octanol–water partition coefficient (Wildman–Crippen LogP) is 1.56. The lowest BCUT2D eigenvalue weighted by Gasteiger charge is -2.37. The molecule has 0 aromatic rings. The summed E-state index contributed by atoms with van der Waals surface area (Å²) in [5.74, 6) is 0.502. The van der Waals surface area contributed by atoms with E-state index >= 15 is 0 Å². The molecule has 1 aliphatic carbocycles. The number of amides is 1. The molecule has 0 aliphatic heterocycles. The number of alkyl halides is 1. The lowest BCUT2D eigenvalue weighted by atomic mass is 9.83. The SMILES string of the molecule is COC1CC(CCNC(C)=O)CC(Cl)C1OC. The molecular formula is C12H22ClNO3. The van der Waals surface area contributed by atoms with Gasteiger partial charge in [-0.15, -0.1) is 11.6 Å². The van der Waals surface area contributed by atoms with Gasteiger partial charge in [-0.2, -0.15) is 0 Å². The Morgan fingerprint density at radius 3 is 2.59 bits per heavy atom. The number of rotatable bonds is 5. The van der Waals surface area contributed by atoms with E-state index in [0.717, 1.165) is 19.3 Å². The standard InChI is InChI=1S/C12H22ClNO3/c1-8(15)14-5-4-9-6-10(13)12(17-3)11(7-9)16-2/h9-12H,4-7H2,1-3H3,(H,14,15). The van der Waals surface area contributed by atoms with Crippen molar-refractivity contribution in [2.75, 3.05) is 20.8 Å². The van der Waals surface area contributed by atoms with Crippen LogP contribution in [0.1, 0.15) is 26.2 Å². The van der Waals surface area contributed by atoms with Crippen molar-refractivity contribution in [1.82, 2.24) is 5.32 Å². The molecule has 0 heterocycles. The molecule has 1 amide bonds. The van der Waals surface area contributed by atoms with E-state index in [0.29, 0.717) is 12.5 Å². The number of carbonyl (C=O) groups excluding carboxylic acids is 1. The van der Waals surface area contributed by atoms with Gasteiger partial charge in [-0.05, 0) is 25.2 Å². The van der Waals surface area contributed by atoms with Crippen molar-refractivity contribution >= 4 is 17.5 Å². The van der Waals surface area contributed by atoms with Crippen LogP contribution in [0.15, 0.2) is 0 Å². The molecule has 1 N–H and O–H groups in total. The molecule has 0 bridgehead atoms. The monoisotopic (exact) mass is 263 g/mol. The Labute approximate surface area is 108 Å². The Kier molecular flexibility index (Phi) is 6.23. The maximum Gasteiger partial charge on any atom is 0.216 e. The highest BCUT2D eigenvalue weighted by atomic mass is 35.5. The molecule has 0 aromatic carbocycles. The zero-order chi connectivity index (χ0) is 12.8. The Morgan fingerprint density at radius 1 is 1.35 bits per heavy atom. The molecule has 4 atom stereocenters. The second-order valence-corrected chi connectivity index (χ2v) is 5.16. The quantitative estimate of drug-likeness (QED) is 0.766. The van der Waals surface area contributed by atoms with E-state index in [-0.39, 0.29) is 23.5 Å². The number of hydrogen-bond donors (Lipinski definition) is 1. The second kappa shape index (κ2) is 7.19. The van der Waals surface area contributed by atoms with Crippen molar-refractivity contribution in [3.63, 3.8) is 0 Å². The molecule has 17 heavy (non-hydrogen) atoms. The first-order chi connectivity index (χ1) is 8.08. The fourth-order valence-corrected chi connectivity index (χ4v) is 2.98. The molecule has 4 nitrogen and oxygen atoms in total. The summed E-state index contributed by atoms with van der Waals surface area (Å²) in [4.78, 5) is 10.8. The van der Waals surface area contributed by atoms with Gasteiger partial charge in [0.2, 0.25) is 5.91 Å². The fraction of sp³-hybridized carbons (Fsp3) is 0.917. The summed E-state index contributed by atoms with van der Waals surface area (Å²) in [6.07, 6.45) is 2.83. The van der Waals surface area contributed by atoms with Gasteiger partial charge < -0.3 is 14.8 Å². The summed E-state index contributed by atoms with van der Waals surface area (Å²) >= 11 is 6.30. The Balaban J connectivity index is 2.41. The van der Waals surface area contributed by atoms with E-state index in [4.69, 9.17) is 21.1 Å². The van der Waals surface area contributed by atoms with E-state index in [9.17, 15) is 4.79 Å². The van der Waals surface area contributed by atoms with Crippen molar-refractivity contribution < 1.29 is 14.3 Å². The molecule has 1 fully saturated rings. The first-order valence-corrected chi connectivity index (χ1v) is 6.46. The van der Waals surface area contributed by atoms with Gasteiger partial charge >= 0.3 is 0 Å². The van der Waals surface area contributed by atoms with E-state index in [1.165, 1.54) is 6.92 Å². The van der Waals surface area contributed by atoms with Crippen molar-refractivity contribution in [3.05, 3.63) is 0 Å². The summed E-state index contributed by atoms with van der Waals surface area (Å²) in [7, 11) is 3.36. The van der Waals surface area contributed by atoms with Crippen LogP contribution in [-0.4, -0.2) is 44.3 Å². The summed E-state index contributed by atoms with van der Waals surface area (Å²) < 4.78 is 10.8. The van der Waals surface area contributed by atoms with Gasteiger partial charge in [0, 0.05) is 27.7 Å². The molecule has 4 unspecified atom stereocenters. The van der Waals surface area contributed by atoms with Crippen LogP contribution in [0, 0.1) is 5.92 Å². The Morgan fingerprint density at radius 2 is 2.06 bits per heavy atom. The molecule has 1 aliphatic rings. The highest BCUT2D eigenvalue weighted by molar-refractivity contribution is 6.21. The van der Waals surface area contributed by atoms with E-state index in [2.05, 4.69) is 5.32 Å². The molecule has 0 spiro atoms. The zero-order valence-electron chi connectivity index (χ0n) is 10.7. The van der Waals surface area contributed by atoms with Gasteiger partial charge in [0.25, 0.3) is 0 Å². The molecule has 1 saturated carbocycles. The van der Waals surface area contributed by atoms with Crippen LogP contribution < -0.4 is 5.32 Å². The van der Waals surface area contributed by atoms with Crippen LogP contribution in [-0.2, 0) is 14.3 Å². The Bertz CT molecular complexity index is 250. The molecule has 0 radical (unpaired) electrons. The van der Waals surface area contributed by atoms with Crippen LogP contribution >= 0.6 is 11.6 Å². The van der Waals surface area contributed by atoms with E-state index in [1.807, 2.05) is 0 Å². The maximum atomic E-state index is 10.8. The minimum absolute atomic E-state index is 0.0129. The van der Waals surface area contributed by atoms with Crippen molar-refractivity contribution in [2.24, 2.45) is 5.92 Å². The molecular weight excluding hydrogens is 242 g/mol. The third kappa shape index (κ3) is 4.45. The average molecular weight is 264 g/mol. The summed E-state index contributed by atoms with van der Waals surface area (Å²) in [5.41, 5.74) is 0. The highest BCUT2D eigenvalue weighted by Crippen LogP contribution is 2.33. The molecule has 100 valence electrons. The summed E-state index contributed by atoms with van der Waals surface area (Å²) in [6.45, 7) is 2.24.